The average molecular weight is 192 g/mol. The molecule has 0 aliphatic carbocycles. The summed E-state index contributed by atoms with van der Waals surface area (Å²) < 4.78 is 9.32. The molecule has 0 aromatic rings. The molecule has 6 nitrogen and oxygen atoms in total. The van der Waals surface area contributed by atoms with E-state index < -0.39 is 30.6 Å². The van der Waals surface area contributed by atoms with Crippen molar-refractivity contribution < 1.29 is 29.6 Å². The number of esters is 1. The van der Waals surface area contributed by atoms with Gasteiger partial charge in [-0.25, -0.2) is 0 Å². The highest BCUT2D eigenvalue weighted by atomic mass is 16.7. The molecule has 1 aliphatic heterocycles. The van der Waals surface area contributed by atoms with Crippen LogP contribution >= 0.6 is 0 Å². The predicted octanol–water partition coefficient (Wildman–Crippen LogP) is -2.01. The summed E-state index contributed by atoms with van der Waals surface area (Å²) in [5.74, 6) is -0.618. The van der Waals surface area contributed by atoms with Crippen LogP contribution in [0, 0.1) is 0 Å². The van der Waals surface area contributed by atoms with Crippen LogP contribution in [0.3, 0.4) is 0 Å². The first-order valence-corrected chi connectivity index (χ1v) is 3.85. The van der Waals surface area contributed by atoms with Gasteiger partial charge < -0.3 is 24.8 Å². The lowest BCUT2D eigenvalue weighted by Gasteiger charge is -2.34. The highest BCUT2D eigenvalue weighted by Crippen LogP contribution is 2.16. The summed E-state index contributed by atoms with van der Waals surface area (Å²) in [5, 5.41) is 27.4. The lowest BCUT2D eigenvalue weighted by Crippen LogP contribution is -2.54. The molecule has 0 spiro atoms. The van der Waals surface area contributed by atoms with Gasteiger partial charge in [-0.2, -0.15) is 0 Å². The van der Waals surface area contributed by atoms with Crippen molar-refractivity contribution >= 4 is 5.97 Å². The van der Waals surface area contributed by atoms with Gasteiger partial charge in [-0.05, 0) is 0 Å². The Hall–Kier alpha value is -0.690. The fourth-order valence-electron chi connectivity index (χ4n) is 1.05. The number of carbonyl (C=O) groups excluding carboxylic acids is 1. The maximum atomic E-state index is 10.5. The Bertz CT molecular complexity index is 193. The maximum Gasteiger partial charge on any atom is 0.305 e. The number of aliphatic hydroxyl groups is 3. The van der Waals surface area contributed by atoms with Crippen LogP contribution in [0.15, 0.2) is 0 Å². The molecule has 13 heavy (non-hydrogen) atoms. The van der Waals surface area contributed by atoms with Gasteiger partial charge in [-0.3, -0.25) is 4.79 Å². The van der Waals surface area contributed by atoms with Crippen molar-refractivity contribution in [3.8, 4) is 0 Å². The average Bonchev–Trinajstić information content (AvgIpc) is 2.06. The maximum absolute atomic E-state index is 10.5. The molecular weight excluding hydrogens is 180 g/mol. The molecule has 3 N–H and O–H groups in total. The molecule has 0 radical (unpaired) electrons. The Kier molecular flexibility index (Phi) is 3.21. The topological polar surface area (TPSA) is 96.2 Å². The fourth-order valence-corrected chi connectivity index (χ4v) is 1.05. The molecule has 76 valence electrons. The molecule has 1 aliphatic rings. The number of rotatable bonds is 1. The molecule has 4 atom stereocenters. The molecule has 0 unspecified atom stereocenters. The summed E-state index contributed by atoms with van der Waals surface area (Å²) in [6.45, 7) is 0.990. The minimum absolute atomic E-state index is 0.170. The highest BCUT2D eigenvalue weighted by molar-refractivity contribution is 5.66. The van der Waals surface area contributed by atoms with Crippen LogP contribution in [-0.4, -0.2) is 52.5 Å². The molecule has 0 saturated carbocycles. The molecule has 0 amide bonds. The first-order valence-electron chi connectivity index (χ1n) is 3.85. The molecular formula is C7H12O6. The lowest BCUT2D eigenvalue weighted by atomic mass is 10.1. The predicted molar refractivity (Wildman–Crippen MR) is 39.5 cm³/mol. The van der Waals surface area contributed by atoms with Gasteiger partial charge in [0.25, 0.3) is 0 Å². The summed E-state index contributed by atoms with van der Waals surface area (Å²) in [4.78, 5) is 10.5. The van der Waals surface area contributed by atoms with E-state index in [0.29, 0.717) is 0 Å². The van der Waals surface area contributed by atoms with E-state index in [4.69, 9.17) is 14.9 Å². The van der Waals surface area contributed by atoms with Crippen molar-refractivity contribution in [2.24, 2.45) is 0 Å². The Morgan fingerprint density at radius 3 is 2.54 bits per heavy atom. The highest BCUT2D eigenvalue weighted by Gasteiger charge is 2.39. The van der Waals surface area contributed by atoms with Crippen molar-refractivity contribution in [2.75, 3.05) is 6.61 Å². The summed E-state index contributed by atoms with van der Waals surface area (Å²) in [6.07, 6.45) is -5.11. The van der Waals surface area contributed by atoms with E-state index in [-0.39, 0.29) is 6.61 Å². The molecule has 1 fully saturated rings. The Balaban J connectivity index is 2.53. The van der Waals surface area contributed by atoms with Gasteiger partial charge in [-0.15, -0.1) is 0 Å². The third kappa shape index (κ3) is 2.38. The second-order valence-corrected chi connectivity index (χ2v) is 2.86. The van der Waals surface area contributed by atoms with Crippen molar-refractivity contribution in [1.82, 2.24) is 0 Å². The SMILES string of the molecule is CC(=O)O[C@@H]1OC[C@@H](O)[C@@H](O)[C@@H]1O. The molecule has 0 aromatic carbocycles. The van der Waals surface area contributed by atoms with Crippen molar-refractivity contribution in [2.45, 2.75) is 31.5 Å². The molecule has 1 rings (SSSR count). The number of carbonyl (C=O) groups is 1. The fraction of sp³-hybridized carbons (Fsp3) is 0.857. The molecule has 1 heterocycles. The summed E-state index contributed by atoms with van der Waals surface area (Å²) >= 11 is 0. The Morgan fingerprint density at radius 1 is 1.38 bits per heavy atom. The van der Waals surface area contributed by atoms with Crippen molar-refractivity contribution in [3.05, 3.63) is 0 Å². The molecule has 0 aromatic heterocycles. The second-order valence-electron chi connectivity index (χ2n) is 2.86. The van der Waals surface area contributed by atoms with E-state index in [0.717, 1.165) is 6.92 Å². The number of ether oxygens (including phenoxy) is 2. The van der Waals surface area contributed by atoms with E-state index in [1.807, 2.05) is 0 Å². The lowest BCUT2D eigenvalue weighted by molar-refractivity contribution is -0.261. The van der Waals surface area contributed by atoms with Crippen LogP contribution in [0.4, 0.5) is 0 Å². The van der Waals surface area contributed by atoms with Gasteiger partial charge in [-0.1, -0.05) is 0 Å². The van der Waals surface area contributed by atoms with E-state index in [9.17, 15) is 9.90 Å². The quantitative estimate of drug-likeness (QED) is 0.415. The van der Waals surface area contributed by atoms with E-state index in [1.54, 1.807) is 0 Å². The van der Waals surface area contributed by atoms with Gasteiger partial charge in [0, 0.05) is 6.92 Å². The van der Waals surface area contributed by atoms with Gasteiger partial charge in [0.2, 0.25) is 6.29 Å². The standard InChI is InChI=1S/C7H12O6/c1-3(8)13-7-6(11)5(10)4(9)2-12-7/h4-7,9-11H,2H2,1H3/t4-,5-,6+,7+/m1/s1. The van der Waals surface area contributed by atoms with E-state index in [2.05, 4.69) is 4.74 Å². The zero-order valence-electron chi connectivity index (χ0n) is 7.08. The van der Waals surface area contributed by atoms with Crippen LogP contribution in [-0.2, 0) is 14.3 Å². The van der Waals surface area contributed by atoms with Crippen LogP contribution < -0.4 is 0 Å². The minimum atomic E-state index is -1.41. The van der Waals surface area contributed by atoms with E-state index in [1.165, 1.54) is 0 Å². The number of aliphatic hydroxyl groups excluding tert-OH is 3. The smallest absolute Gasteiger partial charge is 0.305 e. The molecule has 0 bridgehead atoms. The van der Waals surface area contributed by atoms with Gasteiger partial charge >= 0.3 is 5.97 Å². The first-order chi connectivity index (χ1) is 6.02. The largest absolute Gasteiger partial charge is 0.433 e. The van der Waals surface area contributed by atoms with Crippen LogP contribution in [0.1, 0.15) is 6.92 Å². The monoisotopic (exact) mass is 192 g/mol. The van der Waals surface area contributed by atoms with Crippen LogP contribution in [0.5, 0.6) is 0 Å². The van der Waals surface area contributed by atoms with Crippen LogP contribution in [0.25, 0.3) is 0 Å². The van der Waals surface area contributed by atoms with Gasteiger partial charge in [0.1, 0.15) is 18.3 Å². The zero-order chi connectivity index (χ0) is 10.0. The summed E-state index contributed by atoms with van der Waals surface area (Å²) in [7, 11) is 0. The van der Waals surface area contributed by atoms with Crippen LogP contribution in [0.2, 0.25) is 0 Å². The van der Waals surface area contributed by atoms with Gasteiger partial charge in [0.05, 0.1) is 6.61 Å². The first kappa shape index (κ1) is 10.4. The Morgan fingerprint density at radius 2 is 2.00 bits per heavy atom. The van der Waals surface area contributed by atoms with Gasteiger partial charge in [0.15, 0.2) is 0 Å². The van der Waals surface area contributed by atoms with Crippen molar-refractivity contribution in [1.29, 1.82) is 0 Å². The molecule has 6 heteroatoms. The second kappa shape index (κ2) is 4.01. The third-order valence-electron chi connectivity index (χ3n) is 1.74. The molecule has 1 saturated heterocycles. The van der Waals surface area contributed by atoms with Crippen molar-refractivity contribution in [3.63, 3.8) is 0 Å². The third-order valence-corrected chi connectivity index (χ3v) is 1.74. The zero-order valence-corrected chi connectivity index (χ0v) is 7.08. The number of hydrogen-bond donors (Lipinski definition) is 3. The van der Waals surface area contributed by atoms with E-state index >= 15 is 0 Å². The minimum Gasteiger partial charge on any atom is -0.433 e. The summed E-state index contributed by atoms with van der Waals surface area (Å²) in [5.41, 5.74) is 0. The number of hydrogen-bond acceptors (Lipinski definition) is 6. The Labute approximate surface area is 74.7 Å². The normalized spacial score (nSPS) is 40.0. The summed E-state index contributed by atoms with van der Waals surface area (Å²) in [6, 6.07) is 0.